The first kappa shape index (κ1) is 19.5. The number of aromatic amines is 1. The minimum absolute atomic E-state index is 0.0705. The number of nitrogens with two attached hydrogens (primary N) is 1. The number of hydrogen-bond donors (Lipinski definition) is 2. The first-order valence-electron chi connectivity index (χ1n) is 7.89. The number of ketones is 1. The molecule has 0 bridgehead atoms. The summed E-state index contributed by atoms with van der Waals surface area (Å²) in [5, 5.41) is 8.64. The third-order valence-electron chi connectivity index (χ3n) is 3.73. The Bertz CT molecular complexity index is 901. The third-order valence-corrected chi connectivity index (χ3v) is 4.71. The van der Waals surface area contributed by atoms with Gasteiger partial charge in [0.1, 0.15) is 17.5 Å². The molecule has 0 fully saturated rings. The summed E-state index contributed by atoms with van der Waals surface area (Å²) in [6, 6.07) is 1.89. The lowest BCUT2D eigenvalue weighted by molar-refractivity contribution is 0.0525. The molecule has 0 amide bonds. The van der Waals surface area contributed by atoms with Crippen LogP contribution < -0.4 is 5.73 Å². The molecule has 0 unspecified atom stereocenters. The average molecular weight is 373 g/mol. The molecule has 0 aliphatic rings. The first-order valence-corrected chi connectivity index (χ1v) is 8.77. The van der Waals surface area contributed by atoms with Gasteiger partial charge in [-0.1, -0.05) is 11.8 Å². The summed E-state index contributed by atoms with van der Waals surface area (Å²) in [5.41, 5.74) is 7.73. The van der Waals surface area contributed by atoms with Crippen LogP contribution in [0, 0.1) is 25.2 Å². The highest BCUT2D eigenvalue weighted by Crippen LogP contribution is 2.27. The maximum atomic E-state index is 12.8. The Morgan fingerprint density at radius 3 is 2.73 bits per heavy atom. The average Bonchev–Trinajstić information content (AvgIpc) is 2.89. The summed E-state index contributed by atoms with van der Waals surface area (Å²) in [6.45, 7) is 7.12. The number of nitrogens with zero attached hydrogens (tertiary/aromatic N) is 3. The van der Waals surface area contributed by atoms with Gasteiger partial charge in [-0.15, -0.1) is 0 Å². The summed E-state index contributed by atoms with van der Waals surface area (Å²) < 4.78 is 5.04. The molecule has 0 saturated carbocycles. The monoisotopic (exact) mass is 373 g/mol. The number of anilines is 1. The van der Waals surface area contributed by atoms with E-state index in [1.807, 2.05) is 6.07 Å². The molecule has 9 heteroatoms. The Balaban J connectivity index is 2.23. The van der Waals surface area contributed by atoms with Gasteiger partial charge in [0.05, 0.1) is 29.3 Å². The van der Waals surface area contributed by atoms with E-state index in [9.17, 15) is 9.59 Å². The minimum atomic E-state index is -0.519. The van der Waals surface area contributed by atoms with Crippen molar-refractivity contribution in [3.8, 4) is 6.07 Å². The zero-order valence-corrected chi connectivity index (χ0v) is 15.7. The largest absolute Gasteiger partial charge is 0.462 e. The van der Waals surface area contributed by atoms with E-state index in [0.29, 0.717) is 27.7 Å². The lowest BCUT2D eigenvalue weighted by Crippen LogP contribution is -2.16. The second-order valence-electron chi connectivity index (χ2n) is 5.53. The van der Waals surface area contributed by atoms with Crippen molar-refractivity contribution in [2.24, 2.45) is 0 Å². The van der Waals surface area contributed by atoms with E-state index in [-0.39, 0.29) is 23.8 Å². The number of aryl methyl sites for hydroxylation is 1. The number of H-pyrrole nitrogens is 1. The summed E-state index contributed by atoms with van der Waals surface area (Å²) >= 11 is 1.12. The zero-order valence-electron chi connectivity index (χ0n) is 14.9. The number of Topliss-reactive ketones (excluding diaryl/α,β-unsaturated/α-hetero) is 1. The number of nitrogen functional groups attached to an aromatic ring is 1. The van der Waals surface area contributed by atoms with Gasteiger partial charge in [-0.25, -0.2) is 14.8 Å². The number of hydrogen-bond acceptors (Lipinski definition) is 8. The van der Waals surface area contributed by atoms with Crippen LogP contribution in [0.2, 0.25) is 0 Å². The Labute approximate surface area is 155 Å². The van der Waals surface area contributed by atoms with E-state index in [1.165, 1.54) is 6.20 Å². The molecule has 2 heterocycles. The molecule has 0 spiro atoms. The van der Waals surface area contributed by atoms with Gasteiger partial charge in [0.15, 0.2) is 10.9 Å². The van der Waals surface area contributed by atoms with E-state index >= 15 is 0 Å². The first-order chi connectivity index (χ1) is 12.3. The lowest BCUT2D eigenvalue weighted by Gasteiger charge is -2.09. The van der Waals surface area contributed by atoms with Crippen LogP contribution in [0.25, 0.3) is 0 Å². The Hall–Kier alpha value is -2.86. The van der Waals surface area contributed by atoms with Crippen molar-refractivity contribution < 1.29 is 14.3 Å². The SMILES string of the molecule is CCOC(=O)c1c(C)[nH]c(C(=O)[C@@H](C)Sc2ncc(C#N)c(N)n2)c1C. The molecule has 0 radical (unpaired) electrons. The molecule has 26 heavy (non-hydrogen) atoms. The standard InChI is InChI=1S/C17H19N5O3S/c1-5-25-16(24)12-8(2)13(21-9(12)3)14(23)10(4)26-17-20-7-11(6-18)15(19)22-17/h7,10,21H,5H2,1-4H3,(H2,19,20,22)/t10-/m1/s1. The molecular formula is C17H19N5O3S. The van der Waals surface area contributed by atoms with Gasteiger partial charge in [-0.3, -0.25) is 4.79 Å². The molecular weight excluding hydrogens is 354 g/mol. The molecule has 2 rings (SSSR count). The molecule has 136 valence electrons. The van der Waals surface area contributed by atoms with E-state index in [2.05, 4.69) is 15.0 Å². The number of thioether (sulfide) groups is 1. The van der Waals surface area contributed by atoms with E-state index in [4.69, 9.17) is 15.7 Å². The predicted octanol–water partition coefficient (Wildman–Crippen LogP) is 2.42. The van der Waals surface area contributed by atoms with E-state index < -0.39 is 11.2 Å². The fourth-order valence-electron chi connectivity index (χ4n) is 2.44. The summed E-state index contributed by atoms with van der Waals surface area (Å²) in [4.78, 5) is 35.9. The highest BCUT2D eigenvalue weighted by atomic mass is 32.2. The van der Waals surface area contributed by atoms with Gasteiger partial charge in [0.2, 0.25) is 0 Å². The summed E-state index contributed by atoms with van der Waals surface area (Å²) in [7, 11) is 0. The fraction of sp³-hybridized carbons (Fsp3) is 0.353. The van der Waals surface area contributed by atoms with Crippen LogP contribution in [0.4, 0.5) is 5.82 Å². The highest BCUT2D eigenvalue weighted by molar-refractivity contribution is 8.00. The molecule has 0 aromatic carbocycles. The molecule has 1 atom stereocenters. The fourth-order valence-corrected chi connectivity index (χ4v) is 3.25. The second kappa shape index (κ2) is 8.01. The molecule has 0 aliphatic carbocycles. The molecule has 0 saturated heterocycles. The quantitative estimate of drug-likeness (QED) is 0.341. The van der Waals surface area contributed by atoms with Crippen LogP contribution in [-0.4, -0.2) is 38.6 Å². The molecule has 2 aromatic rings. The Kier molecular flexibility index (Phi) is 6.00. The van der Waals surface area contributed by atoms with Gasteiger partial charge in [0.25, 0.3) is 0 Å². The minimum Gasteiger partial charge on any atom is -0.462 e. The van der Waals surface area contributed by atoms with Gasteiger partial charge in [-0.05, 0) is 33.3 Å². The van der Waals surface area contributed by atoms with Crippen molar-refractivity contribution in [3.63, 3.8) is 0 Å². The van der Waals surface area contributed by atoms with Crippen molar-refractivity contribution in [1.82, 2.24) is 15.0 Å². The van der Waals surface area contributed by atoms with E-state index in [1.54, 1.807) is 27.7 Å². The second-order valence-corrected chi connectivity index (χ2v) is 6.84. The lowest BCUT2D eigenvalue weighted by atomic mass is 10.1. The third kappa shape index (κ3) is 3.86. The topological polar surface area (TPSA) is 135 Å². The number of carbonyl (C=O) groups is 2. The maximum absolute atomic E-state index is 12.8. The van der Waals surface area contributed by atoms with Crippen molar-refractivity contribution in [2.75, 3.05) is 12.3 Å². The number of ether oxygens (including phenoxy) is 1. The molecule has 8 nitrogen and oxygen atoms in total. The number of esters is 1. The molecule has 2 aromatic heterocycles. The van der Waals surface area contributed by atoms with Crippen molar-refractivity contribution in [1.29, 1.82) is 5.26 Å². The van der Waals surface area contributed by atoms with Crippen LogP contribution in [0.1, 0.15) is 51.5 Å². The van der Waals surface area contributed by atoms with Gasteiger partial charge < -0.3 is 15.5 Å². The number of carbonyl (C=O) groups excluding carboxylic acids is 2. The van der Waals surface area contributed by atoms with Gasteiger partial charge in [0, 0.05) is 5.69 Å². The van der Waals surface area contributed by atoms with Crippen LogP contribution >= 0.6 is 11.8 Å². The van der Waals surface area contributed by atoms with Crippen LogP contribution in [0.3, 0.4) is 0 Å². The number of nitriles is 1. The number of nitrogens with one attached hydrogen (secondary N) is 1. The maximum Gasteiger partial charge on any atom is 0.340 e. The summed E-state index contributed by atoms with van der Waals surface area (Å²) in [6.07, 6.45) is 1.32. The van der Waals surface area contributed by atoms with Crippen molar-refractivity contribution in [3.05, 3.63) is 34.3 Å². The van der Waals surface area contributed by atoms with Gasteiger partial charge >= 0.3 is 5.97 Å². The normalized spacial score (nSPS) is 11.7. The Morgan fingerprint density at radius 1 is 1.46 bits per heavy atom. The number of aromatic nitrogens is 3. The molecule has 0 aliphatic heterocycles. The number of rotatable bonds is 6. The summed E-state index contributed by atoms with van der Waals surface area (Å²) in [5.74, 6) is -0.583. The van der Waals surface area contributed by atoms with Crippen molar-refractivity contribution >= 4 is 29.3 Å². The molecule has 3 N–H and O–H groups in total. The van der Waals surface area contributed by atoms with Crippen LogP contribution in [-0.2, 0) is 4.74 Å². The van der Waals surface area contributed by atoms with Crippen molar-refractivity contribution in [2.45, 2.75) is 38.1 Å². The highest BCUT2D eigenvalue weighted by Gasteiger charge is 2.26. The van der Waals surface area contributed by atoms with Crippen LogP contribution in [0.15, 0.2) is 11.4 Å². The smallest absolute Gasteiger partial charge is 0.340 e. The zero-order chi connectivity index (χ0) is 19.4. The predicted molar refractivity (Wildman–Crippen MR) is 97.0 cm³/mol. The van der Waals surface area contributed by atoms with Crippen LogP contribution in [0.5, 0.6) is 0 Å². The van der Waals surface area contributed by atoms with Gasteiger partial charge in [-0.2, -0.15) is 5.26 Å². The van der Waals surface area contributed by atoms with E-state index in [0.717, 1.165) is 11.8 Å². The Morgan fingerprint density at radius 2 is 2.15 bits per heavy atom.